The van der Waals surface area contributed by atoms with E-state index in [1.54, 1.807) is 14.2 Å². The van der Waals surface area contributed by atoms with Crippen molar-refractivity contribution in [3.8, 4) is 11.5 Å². The summed E-state index contributed by atoms with van der Waals surface area (Å²) in [6, 6.07) is 11.4. The van der Waals surface area contributed by atoms with Crippen LogP contribution >= 0.6 is 0 Å². The molecule has 0 spiro atoms. The van der Waals surface area contributed by atoms with Crippen LogP contribution in [0.2, 0.25) is 0 Å². The Labute approximate surface area is 152 Å². The number of ether oxygens (including phenoxy) is 2. The van der Waals surface area contributed by atoms with Crippen LogP contribution in [0.3, 0.4) is 0 Å². The zero-order valence-corrected chi connectivity index (χ0v) is 15.2. The van der Waals surface area contributed by atoms with Crippen molar-refractivity contribution in [1.82, 2.24) is 10.3 Å². The van der Waals surface area contributed by atoms with Crippen LogP contribution in [-0.2, 0) is 17.8 Å². The van der Waals surface area contributed by atoms with Crippen LogP contribution in [0.25, 0.3) is 11.1 Å². The maximum atomic E-state index is 12.1. The number of benzene rings is 2. The Morgan fingerprint density at radius 1 is 1.12 bits per heavy atom. The molecule has 0 radical (unpaired) electrons. The van der Waals surface area contributed by atoms with Crippen molar-refractivity contribution in [2.45, 2.75) is 26.3 Å². The fourth-order valence-electron chi connectivity index (χ4n) is 2.69. The quantitative estimate of drug-likeness (QED) is 0.704. The molecule has 0 atom stereocenters. The van der Waals surface area contributed by atoms with Gasteiger partial charge in [-0.15, -0.1) is 0 Å². The molecule has 0 saturated carbocycles. The van der Waals surface area contributed by atoms with E-state index in [2.05, 4.69) is 10.3 Å². The topological polar surface area (TPSA) is 73.6 Å². The average molecular weight is 354 g/mol. The summed E-state index contributed by atoms with van der Waals surface area (Å²) in [5.74, 6) is 1.82. The van der Waals surface area contributed by atoms with Crippen molar-refractivity contribution in [1.29, 1.82) is 0 Å². The average Bonchev–Trinajstić information content (AvgIpc) is 3.06. The first-order chi connectivity index (χ1) is 12.6. The lowest BCUT2D eigenvalue weighted by Gasteiger charge is -2.10. The molecule has 1 amide bonds. The first kappa shape index (κ1) is 17.8. The number of oxazole rings is 1. The largest absolute Gasteiger partial charge is 0.493 e. The summed E-state index contributed by atoms with van der Waals surface area (Å²) in [5, 5.41) is 2.90. The Kier molecular flexibility index (Phi) is 5.41. The summed E-state index contributed by atoms with van der Waals surface area (Å²) in [4.78, 5) is 16.5. The summed E-state index contributed by atoms with van der Waals surface area (Å²) in [7, 11) is 3.18. The standard InChI is InChI=1S/C20H22N2O4/c1-13-4-6-16-15(10-13)22-20(26-16)9-8-19(23)21-12-14-5-7-17(24-2)18(11-14)25-3/h4-7,10-11H,8-9,12H2,1-3H3,(H,21,23). The zero-order valence-electron chi connectivity index (χ0n) is 15.2. The van der Waals surface area contributed by atoms with E-state index < -0.39 is 0 Å². The number of hydrogen-bond acceptors (Lipinski definition) is 5. The van der Waals surface area contributed by atoms with Crippen LogP contribution < -0.4 is 14.8 Å². The van der Waals surface area contributed by atoms with Gasteiger partial charge in [0.15, 0.2) is 23.0 Å². The molecule has 0 unspecified atom stereocenters. The van der Waals surface area contributed by atoms with Crippen molar-refractivity contribution in [2.24, 2.45) is 0 Å². The van der Waals surface area contributed by atoms with E-state index in [0.29, 0.717) is 36.8 Å². The Morgan fingerprint density at radius 2 is 1.92 bits per heavy atom. The van der Waals surface area contributed by atoms with E-state index >= 15 is 0 Å². The molecule has 1 aromatic heterocycles. The highest BCUT2D eigenvalue weighted by atomic mass is 16.5. The van der Waals surface area contributed by atoms with E-state index in [9.17, 15) is 4.79 Å². The smallest absolute Gasteiger partial charge is 0.220 e. The molecule has 0 saturated heterocycles. The molecule has 1 N–H and O–H groups in total. The number of carbonyl (C=O) groups is 1. The van der Waals surface area contributed by atoms with Crippen molar-refractivity contribution >= 4 is 17.0 Å². The van der Waals surface area contributed by atoms with Crippen molar-refractivity contribution in [3.63, 3.8) is 0 Å². The number of nitrogens with zero attached hydrogens (tertiary/aromatic N) is 1. The van der Waals surface area contributed by atoms with E-state index in [4.69, 9.17) is 13.9 Å². The predicted molar refractivity (Wildman–Crippen MR) is 98.5 cm³/mol. The summed E-state index contributed by atoms with van der Waals surface area (Å²) in [6.45, 7) is 2.43. The second-order valence-electron chi connectivity index (χ2n) is 6.04. The molecule has 3 rings (SSSR count). The molecule has 0 aliphatic rings. The lowest BCUT2D eigenvalue weighted by molar-refractivity contribution is -0.121. The van der Waals surface area contributed by atoms with Gasteiger partial charge in [0, 0.05) is 19.4 Å². The molecule has 0 aliphatic heterocycles. The van der Waals surface area contributed by atoms with Crippen molar-refractivity contribution < 1.29 is 18.7 Å². The van der Waals surface area contributed by atoms with Crippen LogP contribution in [0, 0.1) is 6.92 Å². The Balaban J connectivity index is 1.53. The SMILES string of the molecule is COc1ccc(CNC(=O)CCc2nc3cc(C)ccc3o2)cc1OC. The van der Waals surface area contributed by atoms with E-state index in [1.807, 2.05) is 43.3 Å². The third-order valence-corrected chi connectivity index (χ3v) is 4.09. The van der Waals surface area contributed by atoms with Gasteiger partial charge in [-0.3, -0.25) is 4.79 Å². The van der Waals surface area contributed by atoms with Gasteiger partial charge >= 0.3 is 0 Å². The number of nitrogens with one attached hydrogen (secondary N) is 1. The highest BCUT2D eigenvalue weighted by molar-refractivity contribution is 5.76. The van der Waals surface area contributed by atoms with Gasteiger partial charge in [-0.25, -0.2) is 4.98 Å². The number of hydrogen-bond donors (Lipinski definition) is 1. The molecule has 2 aromatic carbocycles. The van der Waals surface area contributed by atoms with Gasteiger partial charge in [-0.2, -0.15) is 0 Å². The number of aryl methyl sites for hydroxylation is 2. The normalized spacial score (nSPS) is 10.7. The Morgan fingerprint density at radius 3 is 2.69 bits per heavy atom. The number of rotatable bonds is 7. The number of methoxy groups -OCH3 is 2. The van der Waals surface area contributed by atoms with E-state index in [-0.39, 0.29) is 5.91 Å². The minimum atomic E-state index is -0.0572. The predicted octanol–water partition coefficient (Wildman–Crippen LogP) is 3.40. The van der Waals surface area contributed by atoms with Crippen LogP contribution in [-0.4, -0.2) is 25.1 Å². The van der Waals surface area contributed by atoms with E-state index in [1.165, 1.54) is 0 Å². The molecular weight excluding hydrogens is 332 g/mol. The molecule has 26 heavy (non-hydrogen) atoms. The summed E-state index contributed by atoms with van der Waals surface area (Å²) >= 11 is 0. The van der Waals surface area contributed by atoms with Gasteiger partial charge < -0.3 is 19.2 Å². The molecule has 6 heteroatoms. The molecule has 0 fully saturated rings. The summed E-state index contributed by atoms with van der Waals surface area (Å²) in [6.07, 6.45) is 0.782. The zero-order chi connectivity index (χ0) is 18.5. The molecule has 0 bridgehead atoms. The number of aromatic nitrogens is 1. The molecule has 0 aliphatic carbocycles. The third-order valence-electron chi connectivity index (χ3n) is 4.09. The highest BCUT2D eigenvalue weighted by Crippen LogP contribution is 2.27. The second kappa shape index (κ2) is 7.91. The fraction of sp³-hybridized carbons (Fsp3) is 0.300. The maximum absolute atomic E-state index is 12.1. The lowest BCUT2D eigenvalue weighted by Crippen LogP contribution is -2.23. The lowest BCUT2D eigenvalue weighted by atomic mass is 10.2. The van der Waals surface area contributed by atoms with Crippen LogP contribution in [0.4, 0.5) is 0 Å². The second-order valence-corrected chi connectivity index (χ2v) is 6.04. The Hall–Kier alpha value is -3.02. The van der Waals surface area contributed by atoms with Crippen molar-refractivity contribution in [2.75, 3.05) is 14.2 Å². The van der Waals surface area contributed by atoms with Gasteiger partial charge in [-0.1, -0.05) is 12.1 Å². The molecule has 3 aromatic rings. The van der Waals surface area contributed by atoms with Gasteiger partial charge in [-0.05, 0) is 42.3 Å². The van der Waals surface area contributed by atoms with Crippen molar-refractivity contribution in [3.05, 3.63) is 53.4 Å². The first-order valence-electron chi connectivity index (χ1n) is 8.42. The monoisotopic (exact) mass is 354 g/mol. The van der Waals surface area contributed by atoms with Gasteiger partial charge in [0.1, 0.15) is 5.52 Å². The maximum Gasteiger partial charge on any atom is 0.220 e. The first-order valence-corrected chi connectivity index (χ1v) is 8.42. The van der Waals surface area contributed by atoms with Crippen LogP contribution in [0.1, 0.15) is 23.4 Å². The molecule has 1 heterocycles. The highest BCUT2D eigenvalue weighted by Gasteiger charge is 2.10. The van der Waals surface area contributed by atoms with Gasteiger partial charge in [0.05, 0.1) is 14.2 Å². The minimum Gasteiger partial charge on any atom is -0.493 e. The number of amides is 1. The van der Waals surface area contributed by atoms with Gasteiger partial charge in [0.2, 0.25) is 5.91 Å². The van der Waals surface area contributed by atoms with E-state index in [0.717, 1.165) is 22.2 Å². The third kappa shape index (κ3) is 4.14. The van der Waals surface area contributed by atoms with Crippen LogP contribution in [0.15, 0.2) is 40.8 Å². The summed E-state index contributed by atoms with van der Waals surface area (Å²) in [5.41, 5.74) is 3.64. The molecule has 6 nitrogen and oxygen atoms in total. The number of carbonyl (C=O) groups excluding carboxylic acids is 1. The number of fused-ring (bicyclic) bond motifs is 1. The summed E-state index contributed by atoms with van der Waals surface area (Å²) < 4.78 is 16.1. The van der Waals surface area contributed by atoms with Crippen LogP contribution in [0.5, 0.6) is 11.5 Å². The fourth-order valence-corrected chi connectivity index (χ4v) is 2.69. The van der Waals surface area contributed by atoms with Gasteiger partial charge in [0.25, 0.3) is 0 Å². The molecule has 136 valence electrons. The Bertz CT molecular complexity index is 917. The molecular formula is C20H22N2O4. The minimum absolute atomic E-state index is 0.0572.